The van der Waals surface area contributed by atoms with Crippen molar-refractivity contribution in [3.63, 3.8) is 0 Å². The van der Waals surface area contributed by atoms with Crippen LogP contribution in [0.4, 0.5) is 10.1 Å². The Bertz CT molecular complexity index is 1730. The molecule has 0 radical (unpaired) electrons. The highest BCUT2D eigenvalue weighted by Gasteiger charge is 2.16. The Morgan fingerprint density at radius 2 is 1.84 bits per heavy atom. The summed E-state index contributed by atoms with van der Waals surface area (Å²) in [6.45, 7) is 1.56. The number of hydrogen-bond acceptors (Lipinski definition) is 6. The average Bonchev–Trinajstić information content (AvgIpc) is 3.60. The van der Waals surface area contributed by atoms with Gasteiger partial charge in [0.2, 0.25) is 0 Å². The molecule has 3 N–H and O–H groups in total. The molecule has 0 bridgehead atoms. The van der Waals surface area contributed by atoms with Crippen LogP contribution < -0.4 is 5.32 Å². The van der Waals surface area contributed by atoms with Crippen molar-refractivity contribution in [2.75, 3.05) is 32.5 Å². The van der Waals surface area contributed by atoms with Crippen molar-refractivity contribution in [2.45, 2.75) is 0 Å². The zero-order chi connectivity index (χ0) is 25.5. The van der Waals surface area contributed by atoms with Gasteiger partial charge in [-0.1, -0.05) is 0 Å². The zero-order valence-electron chi connectivity index (χ0n) is 20.7. The summed E-state index contributed by atoms with van der Waals surface area (Å²) in [6, 6.07) is 10.9. The second-order valence-electron chi connectivity index (χ2n) is 9.35. The number of nitrogens with zero attached hydrogens (tertiary/aromatic N) is 6. The van der Waals surface area contributed by atoms with Crippen LogP contribution in [0.3, 0.4) is 0 Å². The molecule has 6 aromatic rings. The van der Waals surface area contributed by atoms with Crippen LogP contribution in [0.25, 0.3) is 55.7 Å². The third kappa shape index (κ3) is 4.43. The van der Waals surface area contributed by atoms with Gasteiger partial charge in [-0.05, 0) is 50.5 Å². The Balaban J connectivity index is 1.40. The summed E-state index contributed by atoms with van der Waals surface area (Å²) in [5.41, 5.74) is 7.21. The van der Waals surface area contributed by atoms with Gasteiger partial charge in [-0.2, -0.15) is 10.2 Å². The minimum Gasteiger partial charge on any atom is -0.384 e. The first-order valence-corrected chi connectivity index (χ1v) is 12.0. The smallest absolute Gasteiger partial charge is 0.125 e. The Morgan fingerprint density at radius 3 is 2.65 bits per heavy atom. The predicted molar refractivity (Wildman–Crippen MR) is 144 cm³/mol. The van der Waals surface area contributed by atoms with E-state index in [2.05, 4.69) is 40.5 Å². The molecule has 0 atom stereocenters. The van der Waals surface area contributed by atoms with Crippen molar-refractivity contribution in [3.05, 3.63) is 67.0 Å². The Morgan fingerprint density at radius 1 is 0.973 bits per heavy atom. The SMILES string of the molecule is CN(C)CCNc1cc(F)cc(-c2nccc3[nH]c(-c4n[nH]c5cnc(-c6cnn(C)c6)cc45)cc23)c1. The van der Waals surface area contributed by atoms with E-state index < -0.39 is 0 Å². The summed E-state index contributed by atoms with van der Waals surface area (Å²) in [4.78, 5) is 14.7. The highest BCUT2D eigenvalue weighted by molar-refractivity contribution is 6.00. The van der Waals surface area contributed by atoms with Crippen molar-refractivity contribution in [3.8, 4) is 33.9 Å². The quantitative estimate of drug-likeness (QED) is 0.297. The van der Waals surface area contributed by atoms with Gasteiger partial charge >= 0.3 is 0 Å². The lowest BCUT2D eigenvalue weighted by Crippen LogP contribution is -2.20. The van der Waals surface area contributed by atoms with Gasteiger partial charge in [-0.15, -0.1) is 0 Å². The third-order valence-electron chi connectivity index (χ3n) is 6.31. The number of aromatic amines is 2. The number of hydrogen-bond donors (Lipinski definition) is 3. The molecule has 9 nitrogen and oxygen atoms in total. The van der Waals surface area contributed by atoms with Gasteiger partial charge in [0.15, 0.2) is 0 Å². The Kier molecular flexibility index (Phi) is 5.65. The van der Waals surface area contributed by atoms with E-state index in [1.54, 1.807) is 23.3 Å². The van der Waals surface area contributed by atoms with Crippen LogP contribution in [-0.2, 0) is 7.05 Å². The summed E-state index contributed by atoms with van der Waals surface area (Å²) >= 11 is 0. The summed E-state index contributed by atoms with van der Waals surface area (Å²) in [5, 5.41) is 17.0. The maximum absolute atomic E-state index is 14.6. The van der Waals surface area contributed by atoms with Crippen LogP contribution in [0, 0.1) is 5.82 Å². The number of nitrogens with one attached hydrogen (secondary N) is 3. The topological polar surface area (TPSA) is 103 Å². The minimum atomic E-state index is -0.312. The molecule has 0 saturated heterocycles. The average molecular weight is 496 g/mol. The first-order valence-electron chi connectivity index (χ1n) is 12.0. The molecular weight excluding hydrogens is 469 g/mol. The van der Waals surface area contributed by atoms with Gasteiger partial charge in [-0.3, -0.25) is 19.7 Å². The van der Waals surface area contributed by atoms with E-state index in [0.29, 0.717) is 17.8 Å². The molecule has 0 spiro atoms. The van der Waals surface area contributed by atoms with Crippen LogP contribution in [0.1, 0.15) is 0 Å². The van der Waals surface area contributed by atoms with Crippen molar-refractivity contribution in [1.82, 2.24) is 39.8 Å². The lowest BCUT2D eigenvalue weighted by molar-refractivity contribution is 0.425. The third-order valence-corrected chi connectivity index (χ3v) is 6.31. The van der Waals surface area contributed by atoms with E-state index in [0.717, 1.165) is 56.7 Å². The van der Waals surface area contributed by atoms with Gasteiger partial charge in [0, 0.05) is 65.6 Å². The maximum Gasteiger partial charge on any atom is 0.125 e. The van der Waals surface area contributed by atoms with Gasteiger partial charge in [0.25, 0.3) is 0 Å². The number of aryl methyl sites for hydroxylation is 1. The van der Waals surface area contributed by atoms with Crippen molar-refractivity contribution in [1.29, 1.82) is 0 Å². The number of halogens is 1. The number of fused-ring (bicyclic) bond motifs is 2. The highest BCUT2D eigenvalue weighted by atomic mass is 19.1. The number of rotatable bonds is 7. The number of benzene rings is 1. The molecule has 0 unspecified atom stereocenters. The lowest BCUT2D eigenvalue weighted by Gasteiger charge is -2.12. The first kappa shape index (κ1) is 22.9. The van der Waals surface area contributed by atoms with E-state index in [-0.39, 0.29) is 5.82 Å². The molecule has 0 aliphatic heterocycles. The second-order valence-corrected chi connectivity index (χ2v) is 9.35. The second kappa shape index (κ2) is 9.14. The van der Waals surface area contributed by atoms with E-state index in [9.17, 15) is 4.39 Å². The fraction of sp³-hybridized carbons (Fsp3) is 0.185. The summed E-state index contributed by atoms with van der Waals surface area (Å²) in [5.74, 6) is -0.312. The van der Waals surface area contributed by atoms with E-state index in [4.69, 9.17) is 0 Å². The molecule has 5 heterocycles. The molecular formula is C27H26FN9. The minimum absolute atomic E-state index is 0.312. The summed E-state index contributed by atoms with van der Waals surface area (Å²) in [7, 11) is 5.89. The molecule has 0 saturated carbocycles. The Labute approximate surface area is 212 Å². The van der Waals surface area contributed by atoms with Gasteiger partial charge in [0.05, 0.1) is 35.0 Å². The number of H-pyrrole nitrogens is 2. The van der Waals surface area contributed by atoms with Crippen LogP contribution in [-0.4, -0.2) is 67.0 Å². The molecule has 0 amide bonds. The molecule has 186 valence electrons. The molecule has 0 aliphatic carbocycles. The van der Waals surface area contributed by atoms with E-state index in [1.165, 1.54) is 12.1 Å². The van der Waals surface area contributed by atoms with Crippen LogP contribution >= 0.6 is 0 Å². The molecule has 37 heavy (non-hydrogen) atoms. The van der Waals surface area contributed by atoms with Gasteiger partial charge in [-0.25, -0.2) is 4.39 Å². The Hall–Kier alpha value is -4.57. The monoisotopic (exact) mass is 495 g/mol. The molecule has 0 fully saturated rings. The van der Waals surface area contributed by atoms with Gasteiger partial charge < -0.3 is 15.2 Å². The van der Waals surface area contributed by atoms with Gasteiger partial charge in [0.1, 0.15) is 11.5 Å². The number of pyridine rings is 2. The van der Waals surface area contributed by atoms with Crippen molar-refractivity contribution < 1.29 is 4.39 Å². The fourth-order valence-electron chi connectivity index (χ4n) is 4.50. The van der Waals surface area contributed by atoms with Crippen LogP contribution in [0.5, 0.6) is 0 Å². The van der Waals surface area contributed by atoms with Crippen molar-refractivity contribution >= 4 is 27.5 Å². The highest BCUT2D eigenvalue weighted by Crippen LogP contribution is 2.34. The van der Waals surface area contributed by atoms with Crippen molar-refractivity contribution in [2.24, 2.45) is 7.05 Å². The standard InChI is InChI=1S/C27H26FN9/c1-36(2)7-6-29-19-9-16(8-18(28)10-19)26-20-12-24(33-22(20)4-5-30-26)27-21-11-23(17-13-32-37(3)15-17)31-14-25(21)34-35-27/h4-5,8-15,29,33H,6-7H2,1-3H3,(H,34,35). The molecule has 5 aromatic heterocycles. The normalized spacial score (nSPS) is 11.7. The molecule has 1 aromatic carbocycles. The van der Waals surface area contributed by atoms with E-state index in [1.807, 2.05) is 51.6 Å². The summed E-state index contributed by atoms with van der Waals surface area (Å²) < 4.78 is 16.3. The number of anilines is 1. The molecule has 0 aliphatic rings. The molecule has 6 rings (SSSR count). The fourth-order valence-corrected chi connectivity index (χ4v) is 4.50. The van der Waals surface area contributed by atoms with Crippen LogP contribution in [0.15, 0.2) is 61.2 Å². The first-order chi connectivity index (χ1) is 17.9. The van der Waals surface area contributed by atoms with Crippen LogP contribution in [0.2, 0.25) is 0 Å². The maximum atomic E-state index is 14.6. The largest absolute Gasteiger partial charge is 0.384 e. The lowest BCUT2D eigenvalue weighted by atomic mass is 10.1. The molecule has 10 heteroatoms. The predicted octanol–water partition coefficient (Wildman–Crippen LogP) is 4.68. The zero-order valence-corrected chi connectivity index (χ0v) is 20.7. The summed E-state index contributed by atoms with van der Waals surface area (Å²) in [6.07, 6.45) is 7.23. The number of aromatic nitrogens is 7. The number of likely N-dealkylation sites (N-methyl/N-ethyl adjacent to an activating group) is 1. The van der Waals surface area contributed by atoms with E-state index >= 15 is 0 Å².